The van der Waals surface area contributed by atoms with Gasteiger partial charge in [-0.05, 0) is 0 Å². The lowest BCUT2D eigenvalue weighted by molar-refractivity contribution is -0.0979. The molecular formula is C22H22ClFN6O3. The minimum Gasteiger partial charge on any atom is -0.494 e. The molecule has 2 aliphatic rings. The summed E-state index contributed by atoms with van der Waals surface area (Å²) in [6.07, 6.45) is 12.6. The Hall–Kier alpha value is -3.66. The number of carbonyl (C=O) groups excluding carboxylic acids is 1. The van der Waals surface area contributed by atoms with Crippen molar-refractivity contribution in [2.24, 2.45) is 0 Å². The molecule has 0 radical (unpaired) electrons. The number of anilines is 1. The molecule has 0 bridgehead atoms. The number of carbonyl (C=O) groups is 1. The maximum Gasteiger partial charge on any atom is 0.166 e. The first-order chi connectivity index (χ1) is 16.2. The van der Waals surface area contributed by atoms with Crippen LogP contribution in [-0.2, 0) is 14.3 Å². The van der Waals surface area contributed by atoms with Gasteiger partial charge in [-0.3, -0.25) is 10.1 Å². The number of fused-ring (bicyclic) bond motifs is 2. The molecule has 1 saturated carbocycles. The normalized spacial score (nSPS) is 14.2. The SMILES string of the molecule is C1CC1.C=O.CNc1cn2cc(-c3c(Cl)c(F)c(C4=COCCO4)c4[nH]ncc34)ncc2n1. The van der Waals surface area contributed by atoms with Crippen LogP contribution in [0.25, 0.3) is 33.6 Å². The fourth-order valence-electron chi connectivity index (χ4n) is 3.24. The van der Waals surface area contributed by atoms with Crippen LogP contribution < -0.4 is 5.32 Å². The van der Waals surface area contributed by atoms with Gasteiger partial charge in [0.1, 0.15) is 32.1 Å². The van der Waals surface area contributed by atoms with E-state index in [1.54, 1.807) is 30.0 Å². The standard InChI is InChI=1S/C18H14ClFN6O2.C3H6.CH2O/c1-21-12-7-26-6-10(22-5-13(26)24-12)14-9-4-23-25-18(9)15(17(20)16(14)19)11-8-27-2-3-28-11;1-2-3-1;1-2/h4-8,21H,2-3H2,1H3,(H,23,25);1-3H2;1H2. The Labute approximate surface area is 193 Å². The van der Waals surface area contributed by atoms with Gasteiger partial charge in [0.25, 0.3) is 0 Å². The number of ether oxygens (including phenoxy) is 2. The monoisotopic (exact) mass is 472 g/mol. The molecule has 1 fully saturated rings. The maximum absolute atomic E-state index is 15.3. The third-order valence-electron chi connectivity index (χ3n) is 4.89. The molecule has 0 unspecified atom stereocenters. The molecule has 1 aromatic carbocycles. The first kappa shape index (κ1) is 22.5. The van der Waals surface area contributed by atoms with Gasteiger partial charge < -0.3 is 24.0 Å². The molecule has 4 aromatic rings. The van der Waals surface area contributed by atoms with Crippen molar-refractivity contribution in [3.8, 4) is 11.3 Å². The molecular weight excluding hydrogens is 451 g/mol. The van der Waals surface area contributed by atoms with E-state index in [0.29, 0.717) is 46.8 Å². The second kappa shape index (κ2) is 9.86. The van der Waals surface area contributed by atoms with Crippen LogP contribution in [0.3, 0.4) is 0 Å². The molecule has 6 rings (SSSR count). The molecule has 0 amide bonds. The summed E-state index contributed by atoms with van der Waals surface area (Å²) >= 11 is 6.45. The summed E-state index contributed by atoms with van der Waals surface area (Å²) in [5.41, 5.74) is 2.22. The zero-order valence-electron chi connectivity index (χ0n) is 17.9. The highest BCUT2D eigenvalue weighted by Crippen LogP contribution is 2.41. The third kappa shape index (κ3) is 4.47. The van der Waals surface area contributed by atoms with E-state index in [0.717, 1.165) is 0 Å². The molecule has 2 N–H and O–H groups in total. The quantitative estimate of drug-likeness (QED) is 0.454. The number of hydrogen-bond donors (Lipinski definition) is 2. The van der Waals surface area contributed by atoms with Gasteiger partial charge in [0, 0.05) is 24.2 Å². The van der Waals surface area contributed by atoms with Gasteiger partial charge in [0.2, 0.25) is 0 Å². The number of H-pyrrole nitrogens is 1. The molecule has 172 valence electrons. The summed E-state index contributed by atoms with van der Waals surface area (Å²) in [6.45, 7) is 2.74. The number of rotatable bonds is 3. The Morgan fingerprint density at radius 2 is 1.97 bits per heavy atom. The molecule has 0 saturated heterocycles. The van der Waals surface area contributed by atoms with E-state index in [1.807, 2.05) is 13.0 Å². The van der Waals surface area contributed by atoms with Gasteiger partial charge in [-0.25, -0.2) is 9.37 Å². The van der Waals surface area contributed by atoms with Crippen LogP contribution in [0.15, 0.2) is 31.0 Å². The van der Waals surface area contributed by atoms with Crippen LogP contribution in [0.4, 0.5) is 10.2 Å². The van der Waals surface area contributed by atoms with Crippen LogP contribution >= 0.6 is 11.6 Å². The maximum atomic E-state index is 15.3. The Bertz CT molecular complexity index is 1310. The van der Waals surface area contributed by atoms with Crippen LogP contribution in [0, 0.1) is 5.82 Å². The molecule has 9 nitrogen and oxygen atoms in total. The average molecular weight is 473 g/mol. The third-order valence-corrected chi connectivity index (χ3v) is 5.25. The number of aromatic amines is 1. The van der Waals surface area contributed by atoms with E-state index in [2.05, 4.69) is 25.5 Å². The number of aromatic nitrogens is 5. The minimum atomic E-state index is -0.631. The van der Waals surface area contributed by atoms with Crippen molar-refractivity contribution in [1.82, 2.24) is 24.6 Å². The summed E-state index contributed by atoms with van der Waals surface area (Å²) in [4.78, 5) is 16.8. The molecule has 33 heavy (non-hydrogen) atoms. The number of halogens is 2. The lowest BCUT2D eigenvalue weighted by Gasteiger charge is -2.18. The zero-order chi connectivity index (χ0) is 23.4. The van der Waals surface area contributed by atoms with Crippen molar-refractivity contribution in [3.63, 3.8) is 0 Å². The molecule has 4 heterocycles. The van der Waals surface area contributed by atoms with E-state index >= 15 is 4.39 Å². The summed E-state index contributed by atoms with van der Waals surface area (Å²) in [6, 6.07) is 0. The lowest BCUT2D eigenvalue weighted by atomic mass is 10.0. The average Bonchev–Trinajstić information content (AvgIpc) is 3.57. The number of nitrogens with zero attached hydrogens (tertiary/aromatic N) is 4. The lowest BCUT2D eigenvalue weighted by Crippen LogP contribution is -2.09. The summed E-state index contributed by atoms with van der Waals surface area (Å²) < 4.78 is 27.9. The fourth-order valence-corrected chi connectivity index (χ4v) is 3.54. The molecule has 1 aliphatic heterocycles. The Morgan fingerprint density at radius 3 is 2.64 bits per heavy atom. The van der Waals surface area contributed by atoms with E-state index in [-0.39, 0.29) is 16.3 Å². The second-order valence-electron chi connectivity index (χ2n) is 7.21. The number of nitrogens with one attached hydrogen (secondary N) is 2. The smallest absolute Gasteiger partial charge is 0.166 e. The van der Waals surface area contributed by atoms with Gasteiger partial charge in [-0.2, -0.15) is 5.10 Å². The summed E-state index contributed by atoms with van der Waals surface area (Å²) in [5, 5.41) is 10.4. The molecule has 0 spiro atoms. The van der Waals surface area contributed by atoms with Gasteiger partial charge in [0.15, 0.2) is 17.2 Å². The van der Waals surface area contributed by atoms with Crippen molar-refractivity contribution < 1.29 is 18.7 Å². The van der Waals surface area contributed by atoms with Gasteiger partial charge in [-0.15, -0.1) is 0 Å². The van der Waals surface area contributed by atoms with Crippen LogP contribution in [0.2, 0.25) is 5.02 Å². The van der Waals surface area contributed by atoms with Crippen molar-refractivity contribution in [1.29, 1.82) is 0 Å². The largest absolute Gasteiger partial charge is 0.494 e. The highest BCUT2D eigenvalue weighted by Gasteiger charge is 2.26. The zero-order valence-corrected chi connectivity index (χ0v) is 18.7. The molecule has 3 aromatic heterocycles. The Morgan fingerprint density at radius 1 is 1.18 bits per heavy atom. The minimum absolute atomic E-state index is 0.0696. The van der Waals surface area contributed by atoms with E-state index in [4.69, 9.17) is 25.9 Å². The number of hydrogen-bond acceptors (Lipinski definition) is 7. The molecule has 1 aliphatic carbocycles. The van der Waals surface area contributed by atoms with Crippen LogP contribution in [0.5, 0.6) is 0 Å². The first-order valence-electron chi connectivity index (χ1n) is 10.3. The molecule has 11 heteroatoms. The topological polar surface area (TPSA) is 106 Å². The summed E-state index contributed by atoms with van der Waals surface area (Å²) in [7, 11) is 1.78. The van der Waals surface area contributed by atoms with Crippen molar-refractivity contribution in [2.75, 3.05) is 25.6 Å². The number of imidazole rings is 1. The summed E-state index contributed by atoms with van der Waals surface area (Å²) in [5.74, 6) is 0.332. The first-order valence-corrected chi connectivity index (χ1v) is 10.7. The highest BCUT2D eigenvalue weighted by molar-refractivity contribution is 6.35. The van der Waals surface area contributed by atoms with Gasteiger partial charge in [0.05, 0.1) is 40.4 Å². The molecule has 0 atom stereocenters. The van der Waals surface area contributed by atoms with E-state index in [1.165, 1.54) is 25.5 Å². The van der Waals surface area contributed by atoms with Gasteiger partial charge >= 0.3 is 0 Å². The van der Waals surface area contributed by atoms with Crippen LogP contribution in [0.1, 0.15) is 24.8 Å². The van der Waals surface area contributed by atoms with E-state index in [9.17, 15) is 0 Å². The van der Waals surface area contributed by atoms with Crippen molar-refractivity contribution in [3.05, 3.63) is 47.5 Å². The van der Waals surface area contributed by atoms with Gasteiger partial charge in [-0.1, -0.05) is 30.9 Å². The second-order valence-corrected chi connectivity index (χ2v) is 7.59. The van der Waals surface area contributed by atoms with Crippen molar-refractivity contribution >= 4 is 46.5 Å². The Kier molecular flexibility index (Phi) is 6.74. The van der Waals surface area contributed by atoms with Crippen molar-refractivity contribution in [2.45, 2.75) is 19.3 Å². The highest BCUT2D eigenvalue weighted by atomic mass is 35.5. The number of benzene rings is 1. The van der Waals surface area contributed by atoms with Crippen LogP contribution in [-0.4, -0.2) is 51.6 Å². The van der Waals surface area contributed by atoms with E-state index < -0.39 is 5.82 Å². The predicted octanol–water partition coefficient (Wildman–Crippen LogP) is 4.44. The predicted molar refractivity (Wildman–Crippen MR) is 123 cm³/mol. The fraction of sp³-hybridized carbons (Fsp3) is 0.273. The Balaban J connectivity index is 0.000000470.